The van der Waals surface area contributed by atoms with Crippen molar-refractivity contribution in [3.8, 4) is 5.69 Å². The van der Waals surface area contributed by atoms with Crippen LogP contribution >= 0.6 is 23.4 Å². The third-order valence-corrected chi connectivity index (χ3v) is 6.81. The third-order valence-electron chi connectivity index (χ3n) is 5.60. The predicted octanol–water partition coefficient (Wildman–Crippen LogP) is 6.99. The molecule has 3 aromatic carbocycles. The van der Waals surface area contributed by atoms with Gasteiger partial charge in [0, 0.05) is 22.5 Å². The number of rotatable bonds is 7. The van der Waals surface area contributed by atoms with Gasteiger partial charge in [0.05, 0.1) is 11.7 Å². The molecule has 1 atom stereocenters. The molecular weight excluding hydrogens is 504 g/mol. The van der Waals surface area contributed by atoms with Crippen LogP contribution < -0.4 is 10.6 Å². The number of aromatic nitrogens is 3. The van der Waals surface area contributed by atoms with Crippen LogP contribution in [0, 0.1) is 25.5 Å². The van der Waals surface area contributed by atoms with E-state index in [2.05, 4.69) is 39.9 Å². The molecule has 0 aliphatic carbocycles. The van der Waals surface area contributed by atoms with Crippen LogP contribution in [0.25, 0.3) is 5.69 Å². The maximum atomic E-state index is 13.5. The van der Waals surface area contributed by atoms with Gasteiger partial charge in [-0.1, -0.05) is 53.7 Å². The minimum absolute atomic E-state index is 0.125. The standard InChI is InChI=1S/C26H24ClF2N5OS/c1-15-6-4-5-7-18(15)14-36-26-33-32-24(34(26)23-12-19(27)9-8-16(23)2)17(3)30-25(35)31-20-10-11-21(28)22(29)13-20/h4-13,17H,14H2,1-3H3,(H2,30,31,35). The van der Waals surface area contributed by atoms with Gasteiger partial charge in [0.2, 0.25) is 0 Å². The lowest BCUT2D eigenvalue weighted by Gasteiger charge is -2.18. The van der Waals surface area contributed by atoms with Gasteiger partial charge < -0.3 is 10.6 Å². The van der Waals surface area contributed by atoms with Gasteiger partial charge in [0.25, 0.3) is 0 Å². The van der Waals surface area contributed by atoms with Crippen molar-refractivity contribution in [3.63, 3.8) is 0 Å². The first-order valence-electron chi connectivity index (χ1n) is 11.1. The number of nitrogens with zero attached hydrogens (tertiary/aromatic N) is 3. The summed E-state index contributed by atoms with van der Waals surface area (Å²) in [6.45, 7) is 5.78. The van der Waals surface area contributed by atoms with Gasteiger partial charge in [-0.25, -0.2) is 13.6 Å². The first-order chi connectivity index (χ1) is 17.2. The molecular formula is C26H24ClF2N5OS. The fraction of sp³-hybridized carbons (Fsp3) is 0.192. The molecule has 0 saturated carbocycles. The molecule has 6 nitrogen and oxygen atoms in total. The summed E-state index contributed by atoms with van der Waals surface area (Å²) in [5, 5.41) is 15.3. The second kappa shape index (κ2) is 11.1. The summed E-state index contributed by atoms with van der Waals surface area (Å²) < 4.78 is 28.6. The van der Waals surface area contributed by atoms with Crippen LogP contribution in [0.3, 0.4) is 0 Å². The molecule has 1 heterocycles. The highest BCUT2D eigenvalue weighted by molar-refractivity contribution is 7.98. The van der Waals surface area contributed by atoms with E-state index in [0.29, 0.717) is 21.8 Å². The molecule has 4 aromatic rings. The van der Waals surface area contributed by atoms with Gasteiger partial charge in [-0.05, 0) is 61.7 Å². The zero-order chi connectivity index (χ0) is 25.8. The molecule has 0 radical (unpaired) electrons. The summed E-state index contributed by atoms with van der Waals surface area (Å²) in [4.78, 5) is 12.6. The van der Waals surface area contributed by atoms with Crippen molar-refractivity contribution < 1.29 is 13.6 Å². The number of hydrogen-bond acceptors (Lipinski definition) is 4. The number of aryl methyl sites for hydroxylation is 2. The van der Waals surface area contributed by atoms with E-state index in [-0.39, 0.29) is 5.69 Å². The van der Waals surface area contributed by atoms with Crippen molar-refractivity contribution in [1.29, 1.82) is 0 Å². The molecule has 0 fully saturated rings. The van der Waals surface area contributed by atoms with Crippen molar-refractivity contribution in [2.24, 2.45) is 0 Å². The fourth-order valence-electron chi connectivity index (χ4n) is 3.62. The number of carbonyl (C=O) groups excluding carboxylic acids is 1. The van der Waals surface area contributed by atoms with Crippen molar-refractivity contribution in [3.05, 3.63) is 99.8 Å². The molecule has 0 spiro atoms. The van der Waals surface area contributed by atoms with Gasteiger partial charge >= 0.3 is 6.03 Å². The maximum absolute atomic E-state index is 13.5. The van der Waals surface area contributed by atoms with Crippen LogP contribution in [0.5, 0.6) is 0 Å². The van der Waals surface area contributed by atoms with Gasteiger partial charge in [0.15, 0.2) is 22.6 Å². The predicted molar refractivity (Wildman–Crippen MR) is 139 cm³/mol. The zero-order valence-corrected chi connectivity index (χ0v) is 21.4. The highest BCUT2D eigenvalue weighted by atomic mass is 35.5. The molecule has 0 bridgehead atoms. The summed E-state index contributed by atoms with van der Waals surface area (Å²) in [5.74, 6) is -0.862. The number of hydrogen-bond donors (Lipinski definition) is 2. The van der Waals surface area contributed by atoms with Gasteiger partial charge in [-0.2, -0.15) is 0 Å². The van der Waals surface area contributed by atoms with Crippen molar-refractivity contribution in [2.75, 3.05) is 5.32 Å². The second-order valence-corrected chi connectivity index (χ2v) is 9.65. The Morgan fingerprint density at radius 3 is 2.56 bits per heavy atom. The number of anilines is 1. The smallest absolute Gasteiger partial charge is 0.319 e. The summed E-state index contributed by atoms with van der Waals surface area (Å²) in [6.07, 6.45) is 0. The lowest BCUT2D eigenvalue weighted by atomic mass is 10.1. The van der Waals surface area contributed by atoms with Crippen LogP contribution in [-0.2, 0) is 5.75 Å². The molecule has 0 aliphatic rings. The minimum Gasteiger partial charge on any atom is -0.328 e. The number of benzene rings is 3. The number of carbonyl (C=O) groups is 1. The molecule has 1 unspecified atom stereocenters. The molecule has 36 heavy (non-hydrogen) atoms. The molecule has 2 N–H and O–H groups in total. The number of thioether (sulfide) groups is 1. The van der Waals surface area contributed by atoms with Gasteiger partial charge in [-0.3, -0.25) is 4.57 Å². The quantitative estimate of drug-likeness (QED) is 0.254. The Hall–Kier alpha value is -3.43. The number of urea groups is 1. The summed E-state index contributed by atoms with van der Waals surface area (Å²) >= 11 is 7.84. The molecule has 10 heteroatoms. The van der Waals surface area contributed by atoms with E-state index in [1.165, 1.54) is 29.0 Å². The van der Waals surface area contributed by atoms with Crippen molar-refractivity contribution >= 4 is 35.1 Å². The molecule has 186 valence electrons. The van der Waals surface area contributed by atoms with E-state index in [1.807, 2.05) is 41.8 Å². The van der Waals surface area contributed by atoms with E-state index in [1.54, 1.807) is 6.92 Å². The topological polar surface area (TPSA) is 71.8 Å². The van der Waals surface area contributed by atoms with E-state index in [0.717, 1.165) is 23.4 Å². The highest BCUT2D eigenvalue weighted by Crippen LogP contribution is 2.31. The van der Waals surface area contributed by atoms with E-state index >= 15 is 0 Å². The molecule has 1 aromatic heterocycles. The number of nitrogens with one attached hydrogen (secondary N) is 2. The van der Waals surface area contributed by atoms with Crippen LogP contribution in [0.1, 0.15) is 35.5 Å². The number of halogens is 3. The van der Waals surface area contributed by atoms with Crippen LogP contribution in [-0.4, -0.2) is 20.8 Å². The van der Waals surface area contributed by atoms with Crippen LogP contribution in [0.4, 0.5) is 19.3 Å². The Morgan fingerprint density at radius 2 is 1.81 bits per heavy atom. The average molecular weight is 528 g/mol. The first-order valence-corrected chi connectivity index (χ1v) is 12.5. The normalized spacial score (nSPS) is 11.8. The summed E-state index contributed by atoms with van der Waals surface area (Å²) in [6, 6.07) is 15.6. The fourth-order valence-corrected chi connectivity index (χ4v) is 4.82. The average Bonchev–Trinajstić information content (AvgIpc) is 3.26. The largest absolute Gasteiger partial charge is 0.328 e. The van der Waals surface area contributed by atoms with Crippen molar-refractivity contribution in [2.45, 2.75) is 37.7 Å². The van der Waals surface area contributed by atoms with E-state index in [4.69, 9.17) is 11.6 Å². The maximum Gasteiger partial charge on any atom is 0.319 e. The Bertz CT molecular complexity index is 1410. The highest BCUT2D eigenvalue weighted by Gasteiger charge is 2.22. The number of amides is 2. The Kier molecular flexibility index (Phi) is 7.91. The molecule has 2 amide bonds. The molecule has 4 rings (SSSR count). The monoisotopic (exact) mass is 527 g/mol. The lowest BCUT2D eigenvalue weighted by Crippen LogP contribution is -2.32. The van der Waals surface area contributed by atoms with Crippen LogP contribution in [0.15, 0.2) is 65.8 Å². The van der Waals surface area contributed by atoms with Gasteiger partial charge in [0.1, 0.15) is 0 Å². The van der Waals surface area contributed by atoms with Crippen LogP contribution in [0.2, 0.25) is 5.02 Å². The Balaban J connectivity index is 1.61. The van der Waals surface area contributed by atoms with Gasteiger partial charge in [-0.15, -0.1) is 10.2 Å². The van der Waals surface area contributed by atoms with E-state index in [9.17, 15) is 13.6 Å². The lowest BCUT2D eigenvalue weighted by molar-refractivity contribution is 0.248. The summed E-state index contributed by atoms with van der Waals surface area (Å²) in [5.41, 5.74) is 4.24. The summed E-state index contributed by atoms with van der Waals surface area (Å²) in [7, 11) is 0. The molecule has 0 saturated heterocycles. The Morgan fingerprint density at radius 1 is 1.03 bits per heavy atom. The SMILES string of the molecule is Cc1ccccc1CSc1nnc(C(C)NC(=O)Nc2ccc(F)c(F)c2)n1-c1cc(Cl)ccc1C. The van der Waals surface area contributed by atoms with Crippen molar-refractivity contribution in [1.82, 2.24) is 20.1 Å². The minimum atomic E-state index is -1.05. The third kappa shape index (κ3) is 5.85. The molecule has 0 aliphatic heterocycles. The second-order valence-electron chi connectivity index (χ2n) is 8.27. The van der Waals surface area contributed by atoms with E-state index < -0.39 is 23.7 Å². The Labute approximate surface area is 217 Å². The first kappa shape index (κ1) is 25.7. The zero-order valence-electron chi connectivity index (χ0n) is 19.8.